The molecule has 0 saturated carbocycles. The van der Waals surface area contributed by atoms with Crippen LogP contribution in [0.3, 0.4) is 0 Å². The van der Waals surface area contributed by atoms with Crippen molar-refractivity contribution in [3.05, 3.63) is 12.2 Å². The number of rotatable bonds is 4. The maximum absolute atomic E-state index is 11.5. The molecule has 5 heteroatoms. The van der Waals surface area contributed by atoms with Gasteiger partial charge in [-0.25, -0.2) is 0 Å². The van der Waals surface area contributed by atoms with Crippen LogP contribution in [0.1, 0.15) is 12.8 Å². The van der Waals surface area contributed by atoms with Crippen molar-refractivity contribution in [2.45, 2.75) is 12.8 Å². The number of methoxy groups -OCH3 is 2. The topological polar surface area (TPSA) is 69.7 Å². The van der Waals surface area contributed by atoms with Crippen molar-refractivity contribution >= 4 is 18.2 Å². The molecule has 94 valence electrons. The molecule has 0 bridgehead atoms. The fraction of sp³-hybridized carbons (Fsp3) is 0.583. The molecule has 1 aliphatic rings. The number of ether oxygens (including phenoxy) is 2. The maximum Gasteiger partial charge on any atom is 0.320 e. The van der Waals surface area contributed by atoms with E-state index in [2.05, 4.69) is 9.47 Å². The molecular formula is C12H16O5. The lowest BCUT2D eigenvalue weighted by Gasteiger charge is -2.24. The van der Waals surface area contributed by atoms with Gasteiger partial charge < -0.3 is 14.3 Å². The van der Waals surface area contributed by atoms with Gasteiger partial charge >= 0.3 is 11.9 Å². The second-order valence-electron chi connectivity index (χ2n) is 3.95. The maximum atomic E-state index is 11.5. The van der Waals surface area contributed by atoms with Gasteiger partial charge in [0.1, 0.15) is 6.29 Å². The van der Waals surface area contributed by atoms with E-state index < -0.39 is 17.9 Å². The highest BCUT2D eigenvalue weighted by atomic mass is 16.5. The highest BCUT2D eigenvalue weighted by Crippen LogP contribution is 2.28. The predicted molar refractivity (Wildman–Crippen MR) is 58.9 cm³/mol. The van der Waals surface area contributed by atoms with Crippen LogP contribution in [0, 0.1) is 17.8 Å². The molecule has 0 spiro atoms. The first-order valence-corrected chi connectivity index (χ1v) is 5.43. The van der Waals surface area contributed by atoms with Gasteiger partial charge in [-0.05, 0) is 12.8 Å². The zero-order valence-corrected chi connectivity index (χ0v) is 9.92. The fourth-order valence-corrected chi connectivity index (χ4v) is 1.95. The van der Waals surface area contributed by atoms with E-state index in [0.29, 0.717) is 12.8 Å². The van der Waals surface area contributed by atoms with E-state index in [0.717, 1.165) is 6.29 Å². The number of hydrogen-bond donors (Lipinski definition) is 0. The highest BCUT2D eigenvalue weighted by Gasteiger charge is 2.36. The van der Waals surface area contributed by atoms with Crippen LogP contribution >= 0.6 is 0 Å². The van der Waals surface area contributed by atoms with Crippen LogP contribution in [-0.4, -0.2) is 32.4 Å². The quantitative estimate of drug-likeness (QED) is 0.313. The standard InChI is InChI=1S/C12H16O5/c1-16-11(14)10(12(15)17-2)9-5-3-8(7-13)4-6-9/h3,5,7-10H,4,6H2,1-2H3. The lowest BCUT2D eigenvalue weighted by Crippen LogP contribution is -2.34. The molecule has 0 amide bonds. The molecule has 0 saturated heterocycles. The third kappa shape index (κ3) is 3.15. The van der Waals surface area contributed by atoms with Gasteiger partial charge in [-0.2, -0.15) is 0 Å². The molecule has 0 heterocycles. The molecule has 17 heavy (non-hydrogen) atoms. The Kier molecular flexibility index (Phi) is 4.87. The average molecular weight is 240 g/mol. The summed E-state index contributed by atoms with van der Waals surface area (Å²) in [6.45, 7) is 0. The number of allylic oxidation sites excluding steroid dienone is 2. The summed E-state index contributed by atoms with van der Waals surface area (Å²) in [5.41, 5.74) is 0. The van der Waals surface area contributed by atoms with Gasteiger partial charge in [0.05, 0.1) is 14.2 Å². The lowest BCUT2D eigenvalue weighted by molar-refractivity contribution is -0.160. The zero-order valence-electron chi connectivity index (χ0n) is 9.92. The van der Waals surface area contributed by atoms with Crippen molar-refractivity contribution in [3.8, 4) is 0 Å². The summed E-state index contributed by atoms with van der Waals surface area (Å²) in [5.74, 6) is -2.52. The molecule has 1 rings (SSSR count). The second-order valence-corrected chi connectivity index (χ2v) is 3.95. The van der Waals surface area contributed by atoms with Crippen molar-refractivity contribution in [2.75, 3.05) is 14.2 Å². The fourth-order valence-electron chi connectivity index (χ4n) is 1.95. The van der Waals surface area contributed by atoms with Gasteiger partial charge in [0, 0.05) is 11.8 Å². The minimum atomic E-state index is -0.936. The highest BCUT2D eigenvalue weighted by molar-refractivity contribution is 5.95. The molecule has 2 atom stereocenters. The molecule has 1 aliphatic carbocycles. The summed E-state index contributed by atoms with van der Waals surface area (Å²) in [6.07, 6.45) is 5.53. The van der Waals surface area contributed by atoms with Crippen LogP contribution in [0.4, 0.5) is 0 Å². The van der Waals surface area contributed by atoms with E-state index >= 15 is 0 Å². The molecule has 2 unspecified atom stereocenters. The first-order chi connectivity index (χ1) is 8.13. The first kappa shape index (κ1) is 13.4. The number of esters is 2. The number of carbonyl (C=O) groups excluding carboxylic acids is 3. The predicted octanol–water partition coefficient (Wildman–Crippen LogP) is 0.730. The normalized spacial score (nSPS) is 23.2. The van der Waals surface area contributed by atoms with Gasteiger partial charge in [-0.1, -0.05) is 12.2 Å². The van der Waals surface area contributed by atoms with E-state index in [1.165, 1.54) is 14.2 Å². The SMILES string of the molecule is COC(=O)C(C(=O)OC)C1C=CC(C=O)CC1. The number of hydrogen-bond acceptors (Lipinski definition) is 5. The third-order valence-corrected chi connectivity index (χ3v) is 2.95. The second kappa shape index (κ2) is 6.18. The molecule has 0 radical (unpaired) electrons. The first-order valence-electron chi connectivity index (χ1n) is 5.43. The Morgan fingerprint density at radius 2 is 1.76 bits per heavy atom. The summed E-state index contributed by atoms with van der Waals surface area (Å²) < 4.78 is 9.20. The monoisotopic (exact) mass is 240 g/mol. The van der Waals surface area contributed by atoms with Gasteiger partial charge in [0.25, 0.3) is 0 Å². The summed E-state index contributed by atoms with van der Waals surface area (Å²) in [4.78, 5) is 33.7. The molecule has 0 aromatic heterocycles. The molecule has 5 nitrogen and oxygen atoms in total. The van der Waals surface area contributed by atoms with Crippen LogP contribution in [0.2, 0.25) is 0 Å². The Hall–Kier alpha value is -1.65. The lowest BCUT2D eigenvalue weighted by atomic mass is 9.81. The Morgan fingerprint density at radius 3 is 2.12 bits per heavy atom. The summed E-state index contributed by atoms with van der Waals surface area (Å²) in [5, 5.41) is 0. The van der Waals surface area contributed by atoms with E-state index in [9.17, 15) is 14.4 Å². The van der Waals surface area contributed by atoms with Crippen molar-refractivity contribution in [1.29, 1.82) is 0 Å². The van der Waals surface area contributed by atoms with Crippen LogP contribution in [0.15, 0.2) is 12.2 Å². The van der Waals surface area contributed by atoms with E-state index in [-0.39, 0.29) is 11.8 Å². The largest absolute Gasteiger partial charge is 0.468 e. The summed E-state index contributed by atoms with van der Waals surface area (Å²) in [6, 6.07) is 0. The van der Waals surface area contributed by atoms with E-state index in [1.54, 1.807) is 12.2 Å². The van der Waals surface area contributed by atoms with Crippen molar-refractivity contribution in [2.24, 2.45) is 17.8 Å². The number of carbonyl (C=O) groups is 3. The van der Waals surface area contributed by atoms with E-state index in [1.807, 2.05) is 0 Å². The zero-order chi connectivity index (χ0) is 12.8. The van der Waals surface area contributed by atoms with Crippen molar-refractivity contribution in [1.82, 2.24) is 0 Å². The summed E-state index contributed by atoms with van der Waals surface area (Å²) >= 11 is 0. The van der Waals surface area contributed by atoms with Gasteiger partial charge in [-0.3, -0.25) is 9.59 Å². The average Bonchev–Trinajstić information content (AvgIpc) is 2.39. The van der Waals surface area contributed by atoms with Gasteiger partial charge in [0.2, 0.25) is 0 Å². The van der Waals surface area contributed by atoms with E-state index in [4.69, 9.17) is 0 Å². The van der Waals surface area contributed by atoms with Crippen LogP contribution < -0.4 is 0 Å². The van der Waals surface area contributed by atoms with Gasteiger partial charge in [-0.15, -0.1) is 0 Å². The number of aldehydes is 1. The Labute approximate surface area is 99.8 Å². The van der Waals surface area contributed by atoms with Crippen molar-refractivity contribution in [3.63, 3.8) is 0 Å². The minimum Gasteiger partial charge on any atom is -0.468 e. The molecule has 0 aromatic rings. The molecule has 0 fully saturated rings. The Balaban J connectivity index is 2.82. The third-order valence-electron chi connectivity index (χ3n) is 2.95. The minimum absolute atomic E-state index is 0.123. The smallest absolute Gasteiger partial charge is 0.320 e. The van der Waals surface area contributed by atoms with Crippen molar-refractivity contribution < 1.29 is 23.9 Å². The summed E-state index contributed by atoms with van der Waals surface area (Å²) in [7, 11) is 2.47. The van der Waals surface area contributed by atoms with Crippen LogP contribution in [0.5, 0.6) is 0 Å². The Morgan fingerprint density at radius 1 is 1.18 bits per heavy atom. The van der Waals surface area contributed by atoms with Gasteiger partial charge in [0.15, 0.2) is 5.92 Å². The van der Waals surface area contributed by atoms with Crippen LogP contribution in [0.25, 0.3) is 0 Å². The molecule has 0 aliphatic heterocycles. The molecular weight excluding hydrogens is 224 g/mol. The molecule has 0 N–H and O–H groups in total. The van der Waals surface area contributed by atoms with Crippen LogP contribution in [-0.2, 0) is 23.9 Å². The Bertz CT molecular complexity index is 318. The molecule has 0 aromatic carbocycles.